The van der Waals surface area contributed by atoms with Gasteiger partial charge in [0.1, 0.15) is 5.76 Å². The largest absolute Gasteiger partial charge is 0.451 e. The molecule has 0 unspecified atom stereocenters. The van der Waals surface area contributed by atoms with Crippen LogP contribution in [0.2, 0.25) is 0 Å². The molecular weight excluding hydrogens is 334 g/mol. The molecule has 0 aliphatic heterocycles. The molecule has 1 aromatic heterocycles. The SMILES string of the molecule is C=C/C=C\C(=C/C)c1ccc(C(=O)Nc2ccccc2)o1.CC.CC.CC. The van der Waals surface area contributed by atoms with Gasteiger partial charge in [0.25, 0.3) is 5.91 Å². The van der Waals surface area contributed by atoms with E-state index >= 15 is 0 Å². The van der Waals surface area contributed by atoms with Crippen LogP contribution in [0.25, 0.3) is 5.57 Å². The van der Waals surface area contributed by atoms with E-state index in [2.05, 4.69) is 11.9 Å². The van der Waals surface area contributed by atoms with Gasteiger partial charge in [-0.05, 0) is 31.2 Å². The average molecular weight is 370 g/mol. The number of amides is 1. The summed E-state index contributed by atoms with van der Waals surface area (Å²) >= 11 is 0. The Hall–Kier alpha value is -2.81. The molecule has 0 saturated heterocycles. The van der Waals surface area contributed by atoms with Gasteiger partial charge in [-0.15, -0.1) is 0 Å². The molecule has 0 saturated carbocycles. The van der Waals surface area contributed by atoms with E-state index in [-0.39, 0.29) is 11.7 Å². The first-order valence-corrected chi connectivity index (χ1v) is 9.66. The predicted octanol–water partition coefficient (Wildman–Crippen LogP) is 7.76. The lowest BCUT2D eigenvalue weighted by molar-refractivity contribution is 0.0996. The van der Waals surface area contributed by atoms with Crippen LogP contribution in [0.5, 0.6) is 0 Å². The summed E-state index contributed by atoms with van der Waals surface area (Å²) in [4.78, 5) is 12.1. The molecular formula is C24H35NO2. The number of allylic oxidation sites excluding steroid dienone is 5. The zero-order chi connectivity index (χ0) is 21.1. The van der Waals surface area contributed by atoms with Crippen LogP contribution in [0.1, 0.15) is 64.8 Å². The number of carbonyl (C=O) groups is 1. The molecule has 1 aromatic carbocycles. The third-order valence-electron chi connectivity index (χ3n) is 2.87. The minimum absolute atomic E-state index is 0.268. The Labute approximate surface area is 165 Å². The molecule has 0 bridgehead atoms. The summed E-state index contributed by atoms with van der Waals surface area (Å²) in [5.74, 6) is 0.657. The smallest absolute Gasteiger partial charge is 0.291 e. The van der Waals surface area contributed by atoms with E-state index < -0.39 is 0 Å². The molecule has 3 heteroatoms. The van der Waals surface area contributed by atoms with Crippen molar-refractivity contribution in [3.8, 4) is 0 Å². The van der Waals surface area contributed by atoms with E-state index in [9.17, 15) is 4.79 Å². The van der Waals surface area contributed by atoms with Crippen molar-refractivity contribution in [3.05, 3.63) is 84.9 Å². The predicted molar refractivity (Wildman–Crippen MR) is 120 cm³/mol. The lowest BCUT2D eigenvalue weighted by atomic mass is 10.2. The number of para-hydroxylation sites is 1. The summed E-state index contributed by atoms with van der Waals surface area (Å²) in [5, 5.41) is 2.79. The third kappa shape index (κ3) is 10.0. The van der Waals surface area contributed by atoms with Gasteiger partial charge in [-0.1, -0.05) is 90.6 Å². The lowest BCUT2D eigenvalue weighted by Crippen LogP contribution is -2.10. The van der Waals surface area contributed by atoms with Gasteiger partial charge in [0.2, 0.25) is 0 Å². The molecule has 2 aromatic rings. The Kier molecular flexibility index (Phi) is 17.6. The molecule has 0 atom stereocenters. The topological polar surface area (TPSA) is 42.2 Å². The summed E-state index contributed by atoms with van der Waals surface area (Å²) in [6.07, 6.45) is 7.31. The second kappa shape index (κ2) is 18.0. The number of rotatable bonds is 5. The van der Waals surface area contributed by atoms with Crippen LogP contribution in [-0.2, 0) is 0 Å². The average Bonchev–Trinajstić information content (AvgIpc) is 3.24. The number of benzene rings is 1. The van der Waals surface area contributed by atoms with Crippen molar-refractivity contribution in [1.29, 1.82) is 0 Å². The summed E-state index contributed by atoms with van der Waals surface area (Å²) in [6, 6.07) is 12.7. The third-order valence-corrected chi connectivity index (χ3v) is 2.87. The van der Waals surface area contributed by atoms with Crippen LogP contribution in [0.3, 0.4) is 0 Å². The molecule has 0 aliphatic carbocycles. The molecule has 1 N–H and O–H groups in total. The van der Waals surface area contributed by atoms with Crippen LogP contribution < -0.4 is 5.32 Å². The molecule has 3 nitrogen and oxygen atoms in total. The van der Waals surface area contributed by atoms with Crippen LogP contribution in [0, 0.1) is 0 Å². The van der Waals surface area contributed by atoms with Crippen LogP contribution in [0.4, 0.5) is 5.69 Å². The van der Waals surface area contributed by atoms with Crippen molar-refractivity contribution < 1.29 is 9.21 Å². The van der Waals surface area contributed by atoms with Crippen LogP contribution in [0.15, 0.2) is 77.8 Å². The highest BCUT2D eigenvalue weighted by molar-refractivity contribution is 6.02. The second-order valence-corrected chi connectivity index (χ2v) is 4.32. The highest BCUT2D eigenvalue weighted by Crippen LogP contribution is 2.20. The number of nitrogens with one attached hydrogen (secondary N) is 1. The minimum atomic E-state index is -0.268. The van der Waals surface area contributed by atoms with Crippen LogP contribution >= 0.6 is 0 Å². The zero-order valence-electron chi connectivity index (χ0n) is 17.9. The Morgan fingerprint density at radius 2 is 1.48 bits per heavy atom. The van der Waals surface area contributed by atoms with E-state index in [0.29, 0.717) is 5.76 Å². The Balaban J connectivity index is 0. The zero-order valence-corrected chi connectivity index (χ0v) is 17.9. The standard InChI is InChI=1S/C18H17NO2.3C2H6/c1-3-5-9-14(4-2)16-12-13-17(21-16)18(20)19-15-10-7-6-8-11-15;3*1-2/h3-13H,1H2,2H3,(H,19,20);3*1-2H3/b9-5-,14-4+;;;. The van der Waals surface area contributed by atoms with E-state index in [0.717, 1.165) is 11.3 Å². The highest BCUT2D eigenvalue weighted by atomic mass is 16.3. The molecule has 1 heterocycles. The molecule has 148 valence electrons. The summed E-state index contributed by atoms with van der Waals surface area (Å²) in [7, 11) is 0. The van der Waals surface area contributed by atoms with Crippen LogP contribution in [-0.4, -0.2) is 5.91 Å². The Morgan fingerprint density at radius 1 is 0.926 bits per heavy atom. The minimum Gasteiger partial charge on any atom is -0.451 e. The lowest BCUT2D eigenvalue weighted by Gasteiger charge is -2.02. The molecule has 0 spiro atoms. The van der Waals surface area contributed by atoms with E-state index in [1.54, 1.807) is 18.2 Å². The van der Waals surface area contributed by atoms with Crippen molar-refractivity contribution >= 4 is 17.2 Å². The fourth-order valence-corrected chi connectivity index (χ4v) is 1.82. The molecule has 1 amide bonds. The van der Waals surface area contributed by atoms with Crippen molar-refractivity contribution in [1.82, 2.24) is 0 Å². The second-order valence-electron chi connectivity index (χ2n) is 4.32. The molecule has 0 fully saturated rings. The number of carbonyl (C=O) groups excluding carboxylic acids is 1. The monoisotopic (exact) mass is 369 g/mol. The van der Waals surface area contributed by atoms with Gasteiger partial charge in [-0.3, -0.25) is 4.79 Å². The van der Waals surface area contributed by atoms with Crippen molar-refractivity contribution in [2.45, 2.75) is 48.5 Å². The van der Waals surface area contributed by atoms with Gasteiger partial charge in [-0.2, -0.15) is 0 Å². The first kappa shape index (κ1) is 26.4. The summed E-state index contributed by atoms with van der Waals surface area (Å²) in [5.41, 5.74) is 1.63. The van der Waals surface area contributed by atoms with Crippen molar-refractivity contribution in [2.75, 3.05) is 5.32 Å². The van der Waals surface area contributed by atoms with E-state index in [4.69, 9.17) is 4.42 Å². The molecule has 27 heavy (non-hydrogen) atoms. The number of anilines is 1. The first-order chi connectivity index (χ1) is 13.2. The normalized spacial score (nSPS) is 9.67. The van der Waals surface area contributed by atoms with Gasteiger partial charge in [-0.25, -0.2) is 0 Å². The Morgan fingerprint density at radius 3 is 2.00 bits per heavy atom. The quantitative estimate of drug-likeness (QED) is 0.547. The van der Waals surface area contributed by atoms with Gasteiger partial charge >= 0.3 is 0 Å². The fraction of sp³-hybridized carbons (Fsp3) is 0.292. The maximum atomic E-state index is 12.1. The molecule has 2 rings (SSSR count). The molecule has 0 aliphatic rings. The number of hydrogen-bond donors (Lipinski definition) is 1. The van der Waals surface area contributed by atoms with Crippen molar-refractivity contribution in [3.63, 3.8) is 0 Å². The van der Waals surface area contributed by atoms with Gasteiger partial charge in [0.05, 0.1) is 0 Å². The van der Waals surface area contributed by atoms with E-state index in [1.807, 2.05) is 97.0 Å². The maximum Gasteiger partial charge on any atom is 0.291 e. The van der Waals surface area contributed by atoms with Gasteiger partial charge in [0, 0.05) is 11.3 Å². The number of hydrogen-bond acceptors (Lipinski definition) is 2. The number of furan rings is 1. The molecule has 0 radical (unpaired) electrons. The highest BCUT2D eigenvalue weighted by Gasteiger charge is 2.12. The summed E-state index contributed by atoms with van der Waals surface area (Å²) < 4.78 is 5.60. The first-order valence-electron chi connectivity index (χ1n) is 9.66. The Bertz CT molecular complexity index is 679. The van der Waals surface area contributed by atoms with E-state index in [1.165, 1.54) is 0 Å². The fourth-order valence-electron chi connectivity index (χ4n) is 1.82. The summed E-state index contributed by atoms with van der Waals surface area (Å²) in [6.45, 7) is 17.5. The van der Waals surface area contributed by atoms with Gasteiger partial charge < -0.3 is 9.73 Å². The maximum absolute atomic E-state index is 12.1. The van der Waals surface area contributed by atoms with Crippen molar-refractivity contribution in [2.24, 2.45) is 0 Å². The van der Waals surface area contributed by atoms with Gasteiger partial charge in [0.15, 0.2) is 5.76 Å².